The van der Waals surface area contributed by atoms with Crippen LogP contribution in [0.4, 0.5) is 0 Å². The molecular formula is C16H25N3OS. The largest absolute Gasteiger partial charge is 0.342 e. The molecule has 2 heterocycles. The van der Waals surface area contributed by atoms with E-state index in [0.717, 1.165) is 44.1 Å². The van der Waals surface area contributed by atoms with Crippen LogP contribution in [0.1, 0.15) is 43.8 Å². The van der Waals surface area contributed by atoms with E-state index in [4.69, 9.17) is 0 Å². The van der Waals surface area contributed by atoms with Crippen LogP contribution in [0.2, 0.25) is 0 Å². The van der Waals surface area contributed by atoms with Crippen LogP contribution in [0.3, 0.4) is 0 Å². The van der Waals surface area contributed by atoms with Gasteiger partial charge >= 0.3 is 0 Å². The molecule has 4 nitrogen and oxygen atoms in total. The van der Waals surface area contributed by atoms with Crippen LogP contribution in [-0.2, 0) is 11.3 Å². The summed E-state index contributed by atoms with van der Waals surface area (Å²) >= 11 is 1.74. The number of amides is 1. The number of hydrogen-bond acceptors (Lipinski definition) is 3. The van der Waals surface area contributed by atoms with Crippen molar-refractivity contribution in [2.45, 2.75) is 44.6 Å². The van der Waals surface area contributed by atoms with E-state index in [1.807, 2.05) is 6.20 Å². The Balaban J connectivity index is 1.62. The Bertz CT molecular complexity index is 484. The summed E-state index contributed by atoms with van der Waals surface area (Å²) in [6.07, 6.45) is 11.8. The maximum Gasteiger partial charge on any atom is 0.223 e. The van der Waals surface area contributed by atoms with Crippen LogP contribution < -0.4 is 0 Å². The number of nitrogens with zero attached hydrogens (tertiary/aromatic N) is 3. The van der Waals surface area contributed by atoms with Crippen molar-refractivity contribution in [3.63, 3.8) is 0 Å². The Morgan fingerprint density at radius 3 is 3.05 bits per heavy atom. The van der Waals surface area contributed by atoms with Gasteiger partial charge in [-0.2, -0.15) is 11.8 Å². The summed E-state index contributed by atoms with van der Waals surface area (Å²) in [5, 5.41) is 0. The number of carbonyl (C=O) groups is 1. The van der Waals surface area contributed by atoms with Crippen LogP contribution in [0.15, 0.2) is 12.4 Å². The molecule has 1 aromatic rings. The van der Waals surface area contributed by atoms with E-state index < -0.39 is 0 Å². The van der Waals surface area contributed by atoms with Gasteiger partial charge in [0.2, 0.25) is 5.91 Å². The summed E-state index contributed by atoms with van der Waals surface area (Å²) in [7, 11) is 0. The monoisotopic (exact) mass is 307 g/mol. The lowest BCUT2D eigenvalue weighted by Crippen LogP contribution is -2.40. The van der Waals surface area contributed by atoms with E-state index in [1.165, 1.54) is 18.7 Å². The Labute approximate surface area is 131 Å². The molecule has 21 heavy (non-hydrogen) atoms. The first-order chi connectivity index (χ1) is 10.3. The number of likely N-dealkylation sites (tertiary alicyclic amines) is 1. The van der Waals surface area contributed by atoms with E-state index in [1.54, 1.807) is 11.8 Å². The van der Waals surface area contributed by atoms with Gasteiger partial charge in [0.25, 0.3) is 0 Å². The normalized spacial score (nSPS) is 22.5. The molecule has 1 aliphatic heterocycles. The van der Waals surface area contributed by atoms with Gasteiger partial charge in [0.15, 0.2) is 0 Å². The molecule has 1 atom stereocenters. The first-order valence-corrected chi connectivity index (χ1v) is 9.45. The van der Waals surface area contributed by atoms with Crippen molar-refractivity contribution in [3.05, 3.63) is 18.2 Å². The molecule has 5 heteroatoms. The molecule has 2 aliphatic rings. The summed E-state index contributed by atoms with van der Waals surface area (Å²) in [6.45, 7) is 2.90. The highest BCUT2D eigenvalue weighted by Crippen LogP contribution is 2.33. The highest BCUT2D eigenvalue weighted by atomic mass is 32.2. The van der Waals surface area contributed by atoms with Gasteiger partial charge in [0.1, 0.15) is 5.82 Å². The van der Waals surface area contributed by atoms with Gasteiger partial charge in [-0.05, 0) is 37.9 Å². The lowest BCUT2D eigenvalue weighted by molar-refractivity contribution is -0.132. The molecule has 0 unspecified atom stereocenters. The van der Waals surface area contributed by atoms with Gasteiger partial charge in [-0.25, -0.2) is 4.98 Å². The zero-order valence-electron chi connectivity index (χ0n) is 12.8. The van der Waals surface area contributed by atoms with Gasteiger partial charge in [0.05, 0.1) is 0 Å². The van der Waals surface area contributed by atoms with Gasteiger partial charge < -0.3 is 9.47 Å². The van der Waals surface area contributed by atoms with E-state index in [0.29, 0.717) is 18.2 Å². The average molecular weight is 307 g/mol. The van der Waals surface area contributed by atoms with Crippen molar-refractivity contribution >= 4 is 17.7 Å². The Morgan fingerprint density at radius 2 is 2.29 bits per heavy atom. The van der Waals surface area contributed by atoms with Crippen LogP contribution in [0.25, 0.3) is 0 Å². The Kier molecular flexibility index (Phi) is 4.88. The van der Waals surface area contributed by atoms with Gasteiger partial charge in [0, 0.05) is 50.1 Å². The molecule has 0 spiro atoms. The SMILES string of the molecule is CSCCC(=O)N1CCC[C@@H](c2nccn2CC2CC2)C1. The highest BCUT2D eigenvalue weighted by Gasteiger charge is 2.29. The maximum atomic E-state index is 12.2. The van der Waals surface area contributed by atoms with Crippen molar-refractivity contribution in [2.24, 2.45) is 5.92 Å². The summed E-state index contributed by atoms with van der Waals surface area (Å²) in [5.41, 5.74) is 0. The summed E-state index contributed by atoms with van der Waals surface area (Å²) < 4.78 is 2.33. The minimum absolute atomic E-state index is 0.314. The number of rotatable bonds is 6. The third-order valence-electron chi connectivity index (χ3n) is 4.56. The van der Waals surface area contributed by atoms with Gasteiger partial charge in [-0.15, -0.1) is 0 Å². The van der Waals surface area contributed by atoms with Gasteiger partial charge in [-0.3, -0.25) is 4.79 Å². The zero-order chi connectivity index (χ0) is 14.7. The fraction of sp³-hybridized carbons (Fsp3) is 0.750. The minimum atomic E-state index is 0.314. The number of thioether (sulfide) groups is 1. The third-order valence-corrected chi connectivity index (χ3v) is 5.17. The van der Waals surface area contributed by atoms with Crippen LogP contribution in [-0.4, -0.2) is 45.5 Å². The molecule has 0 aromatic carbocycles. The number of carbonyl (C=O) groups excluding carboxylic acids is 1. The van der Waals surface area contributed by atoms with Crippen molar-refractivity contribution < 1.29 is 4.79 Å². The maximum absolute atomic E-state index is 12.2. The molecule has 0 bridgehead atoms. The molecule has 1 saturated carbocycles. The lowest BCUT2D eigenvalue weighted by atomic mass is 9.97. The summed E-state index contributed by atoms with van der Waals surface area (Å²) in [6, 6.07) is 0. The predicted molar refractivity (Wildman–Crippen MR) is 86.5 cm³/mol. The Morgan fingerprint density at radius 1 is 1.43 bits per heavy atom. The molecule has 3 rings (SSSR count). The van der Waals surface area contributed by atoms with Crippen molar-refractivity contribution in [1.82, 2.24) is 14.5 Å². The fourth-order valence-corrected chi connectivity index (χ4v) is 3.55. The number of piperidine rings is 1. The first kappa shape index (κ1) is 14.9. The number of aromatic nitrogens is 2. The van der Waals surface area contributed by atoms with Gasteiger partial charge in [-0.1, -0.05) is 0 Å². The molecule has 1 amide bonds. The second-order valence-corrected chi connectivity index (χ2v) is 7.29. The van der Waals surface area contributed by atoms with E-state index in [9.17, 15) is 4.79 Å². The van der Waals surface area contributed by atoms with Crippen molar-refractivity contribution in [3.8, 4) is 0 Å². The van der Waals surface area contributed by atoms with E-state index >= 15 is 0 Å². The lowest BCUT2D eigenvalue weighted by Gasteiger charge is -2.32. The number of imidazole rings is 1. The molecular weight excluding hydrogens is 282 g/mol. The summed E-state index contributed by atoms with van der Waals surface area (Å²) in [5.74, 6) is 3.72. The molecule has 2 fully saturated rings. The molecule has 0 N–H and O–H groups in total. The molecule has 1 aromatic heterocycles. The highest BCUT2D eigenvalue weighted by molar-refractivity contribution is 7.98. The second-order valence-electron chi connectivity index (χ2n) is 6.30. The zero-order valence-corrected chi connectivity index (χ0v) is 13.6. The third kappa shape index (κ3) is 3.82. The van der Waals surface area contributed by atoms with Crippen LogP contribution >= 0.6 is 11.8 Å². The molecule has 116 valence electrons. The molecule has 1 saturated heterocycles. The van der Waals surface area contributed by atoms with E-state index in [2.05, 4.69) is 26.9 Å². The van der Waals surface area contributed by atoms with Crippen molar-refractivity contribution in [1.29, 1.82) is 0 Å². The van der Waals surface area contributed by atoms with E-state index in [-0.39, 0.29) is 0 Å². The van der Waals surface area contributed by atoms with Crippen LogP contribution in [0, 0.1) is 5.92 Å². The average Bonchev–Trinajstić information content (AvgIpc) is 3.20. The van der Waals surface area contributed by atoms with Crippen molar-refractivity contribution in [2.75, 3.05) is 25.1 Å². The quantitative estimate of drug-likeness (QED) is 0.811. The fourth-order valence-electron chi connectivity index (χ4n) is 3.18. The predicted octanol–water partition coefficient (Wildman–Crippen LogP) is 2.75. The topological polar surface area (TPSA) is 38.1 Å². The van der Waals surface area contributed by atoms with Crippen LogP contribution in [0.5, 0.6) is 0 Å². The standard InChI is InChI=1S/C16H25N3OS/c1-21-10-6-15(20)18-8-2-3-14(12-18)16-17-7-9-19(16)11-13-4-5-13/h7,9,13-14H,2-6,8,10-12H2,1H3/t14-/m1/s1. The Hall–Kier alpha value is -0.970. The first-order valence-electron chi connectivity index (χ1n) is 8.05. The second kappa shape index (κ2) is 6.86. The molecule has 0 radical (unpaired) electrons. The summed E-state index contributed by atoms with van der Waals surface area (Å²) in [4.78, 5) is 18.9. The number of hydrogen-bond donors (Lipinski definition) is 0. The minimum Gasteiger partial charge on any atom is -0.342 e. The molecule has 1 aliphatic carbocycles. The smallest absolute Gasteiger partial charge is 0.223 e.